The van der Waals surface area contributed by atoms with E-state index in [-0.39, 0.29) is 0 Å². The minimum atomic E-state index is 0.345. The quantitative estimate of drug-likeness (QED) is 0.733. The van der Waals surface area contributed by atoms with Crippen LogP contribution in [0.25, 0.3) is 0 Å². The van der Waals surface area contributed by atoms with Crippen LogP contribution in [0.5, 0.6) is 0 Å². The summed E-state index contributed by atoms with van der Waals surface area (Å²) < 4.78 is 0. The highest BCUT2D eigenvalue weighted by Crippen LogP contribution is 2.48. The Morgan fingerprint density at radius 3 is 2.77 bits per heavy atom. The number of rotatable bonds is 2. The molecule has 1 nitrogen and oxygen atoms in total. The Bertz CT molecular complexity index is 317. The monoisotopic (exact) mass is 176 g/mol. The van der Waals surface area contributed by atoms with Gasteiger partial charge in [0, 0.05) is 6.61 Å². The molecule has 0 radical (unpaired) electrons. The molecule has 1 N–H and O–H groups in total. The van der Waals surface area contributed by atoms with Gasteiger partial charge in [0.15, 0.2) is 0 Å². The van der Waals surface area contributed by atoms with Crippen molar-refractivity contribution in [2.75, 3.05) is 6.61 Å². The summed E-state index contributed by atoms with van der Waals surface area (Å²) in [5, 5.41) is 9.00. The first kappa shape index (κ1) is 8.76. The number of benzene rings is 1. The van der Waals surface area contributed by atoms with Crippen LogP contribution in [0.1, 0.15) is 29.0 Å². The van der Waals surface area contributed by atoms with Crippen molar-refractivity contribution in [3.8, 4) is 0 Å². The standard InChI is InChI=1S/C12H16O/c1-8-4-3-5-11(9(8)2)12-6-10(12)7-13/h3-5,10,12-13H,6-7H2,1-2H3. The predicted molar refractivity (Wildman–Crippen MR) is 53.8 cm³/mol. The first-order valence-electron chi connectivity index (χ1n) is 4.91. The molecule has 2 rings (SSSR count). The Balaban J connectivity index is 2.27. The third-order valence-corrected chi connectivity index (χ3v) is 3.20. The molecule has 1 aromatic carbocycles. The molecule has 1 aromatic rings. The highest BCUT2D eigenvalue weighted by molar-refractivity contribution is 5.38. The number of hydrogen-bond acceptors (Lipinski definition) is 1. The van der Waals surface area contributed by atoms with Gasteiger partial charge in [-0.2, -0.15) is 0 Å². The highest BCUT2D eigenvalue weighted by Gasteiger charge is 2.38. The van der Waals surface area contributed by atoms with Crippen molar-refractivity contribution < 1.29 is 5.11 Å². The van der Waals surface area contributed by atoms with Crippen LogP contribution in [0.2, 0.25) is 0 Å². The number of aliphatic hydroxyl groups is 1. The van der Waals surface area contributed by atoms with Crippen LogP contribution in [0.15, 0.2) is 18.2 Å². The van der Waals surface area contributed by atoms with Gasteiger partial charge in [0.05, 0.1) is 0 Å². The van der Waals surface area contributed by atoms with E-state index in [4.69, 9.17) is 5.11 Å². The van der Waals surface area contributed by atoms with Crippen LogP contribution >= 0.6 is 0 Å². The topological polar surface area (TPSA) is 20.2 Å². The van der Waals surface area contributed by atoms with Crippen LogP contribution in [0.3, 0.4) is 0 Å². The molecule has 0 aromatic heterocycles. The number of aliphatic hydroxyl groups excluding tert-OH is 1. The minimum Gasteiger partial charge on any atom is -0.396 e. The summed E-state index contributed by atoms with van der Waals surface area (Å²) in [7, 11) is 0. The van der Waals surface area contributed by atoms with E-state index in [1.165, 1.54) is 23.1 Å². The maximum atomic E-state index is 9.00. The van der Waals surface area contributed by atoms with E-state index in [1.54, 1.807) is 0 Å². The second kappa shape index (κ2) is 3.15. The molecule has 1 aliphatic carbocycles. The molecule has 0 aliphatic heterocycles. The van der Waals surface area contributed by atoms with Crippen molar-refractivity contribution in [1.29, 1.82) is 0 Å². The van der Waals surface area contributed by atoms with Gasteiger partial charge in [-0.25, -0.2) is 0 Å². The lowest BCUT2D eigenvalue weighted by Crippen LogP contribution is -1.93. The summed E-state index contributed by atoms with van der Waals surface area (Å²) in [6, 6.07) is 6.46. The molecule has 13 heavy (non-hydrogen) atoms. The zero-order valence-electron chi connectivity index (χ0n) is 8.25. The van der Waals surface area contributed by atoms with Crippen LogP contribution in [0, 0.1) is 19.8 Å². The summed E-state index contributed by atoms with van der Waals surface area (Å²) in [6.07, 6.45) is 1.17. The highest BCUT2D eigenvalue weighted by atomic mass is 16.3. The molecule has 0 spiro atoms. The zero-order chi connectivity index (χ0) is 9.42. The third kappa shape index (κ3) is 1.49. The van der Waals surface area contributed by atoms with Gasteiger partial charge >= 0.3 is 0 Å². The van der Waals surface area contributed by atoms with Gasteiger partial charge in [-0.05, 0) is 48.8 Å². The summed E-state index contributed by atoms with van der Waals surface area (Å²) >= 11 is 0. The van der Waals surface area contributed by atoms with Gasteiger partial charge in [0.2, 0.25) is 0 Å². The molecule has 0 heterocycles. The van der Waals surface area contributed by atoms with E-state index in [0.717, 1.165) is 0 Å². The fourth-order valence-corrected chi connectivity index (χ4v) is 2.01. The van der Waals surface area contributed by atoms with E-state index in [0.29, 0.717) is 18.4 Å². The van der Waals surface area contributed by atoms with Gasteiger partial charge in [0.25, 0.3) is 0 Å². The molecule has 1 fully saturated rings. The molecule has 1 heteroatoms. The Morgan fingerprint density at radius 1 is 1.38 bits per heavy atom. The fourth-order valence-electron chi connectivity index (χ4n) is 2.01. The molecular formula is C12H16O. The average molecular weight is 176 g/mol. The van der Waals surface area contributed by atoms with E-state index >= 15 is 0 Å². The van der Waals surface area contributed by atoms with Crippen molar-refractivity contribution in [1.82, 2.24) is 0 Å². The first-order chi connectivity index (χ1) is 6.24. The molecule has 0 saturated heterocycles. The molecule has 2 atom stereocenters. The second-order valence-electron chi connectivity index (χ2n) is 4.07. The van der Waals surface area contributed by atoms with Crippen molar-refractivity contribution >= 4 is 0 Å². The van der Waals surface area contributed by atoms with Crippen molar-refractivity contribution in [2.24, 2.45) is 5.92 Å². The van der Waals surface area contributed by atoms with Gasteiger partial charge in [0.1, 0.15) is 0 Å². The summed E-state index contributed by atoms with van der Waals surface area (Å²) in [5.41, 5.74) is 4.21. The first-order valence-corrected chi connectivity index (χ1v) is 4.91. The molecule has 0 bridgehead atoms. The lowest BCUT2D eigenvalue weighted by Gasteiger charge is -2.07. The van der Waals surface area contributed by atoms with Crippen LogP contribution < -0.4 is 0 Å². The molecule has 1 saturated carbocycles. The van der Waals surface area contributed by atoms with Crippen molar-refractivity contribution in [2.45, 2.75) is 26.2 Å². The SMILES string of the molecule is Cc1cccc(C2CC2CO)c1C. The van der Waals surface area contributed by atoms with E-state index in [2.05, 4.69) is 32.0 Å². The average Bonchev–Trinajstić information content (AvgIpc) is 2.89. The Kier molecular flexibility index (Phi) is 2.12. The normalized spacial score (nSPS) is 26.1. The van der Waals surface area contributed by atoms with Crippen LogP contribution in [0.4, 0.5) is 0 Å². The van der Waals surface area contributed by atoms with Crippen LogP contribution in [-0.2, 0) is 0 Å². The van der Waals surface area contributed by atoms with E-state index in [9.17, 15) is 0 Å². The van der Waals surface area contributed by atoms with Crippen molar-refractivity contribution in [3.05, 3.63) is 34.9 Å². The van der Waals surface area contributed by atoms with Gasteiger partial charge in [-0.1, -0.05) is 18.2 Å². The lowest BCUT2D eigenvalue weighted by molar-refractivity contribution is 0.274. The summed E-state index contributed by atoms with van der Waals surface area (Å²) in [6.45, 7) is 4.67. The van der Waals surface area contributed by atoms with Gasteiger partial charge < -0.3 is 5.11 Å². The van der Waals surface area contributed by atoms with E-state index < -0.39 is 0 Å². The Labute approximate surface area is 79.4 Å². The maximum absolute atomic E-state index is 9.00. The Morgan fingerprint density at radius 2 is 2.15 bits per heavy atom. The Hall–Kier alpha value is -0.820. The molecule has 0 amide bonds. The van der Waals surface area contributed by atoms with Crippen LogP contribution in [-0.4, -0.2) is 11.7 Å². The van der Waals surface area contributed by atoms with Gasteiger partial charge in [-0.3, -0.25) is 0 Å². The number of aryl methyl sites for hydroxylation is 1. The molecule has 1 aliphatic rings. The summed E-state index contributed by atoms with van der Waals surface area (Å²) in [5.74, 6) is 1.16. The molecule has 2 unspecified atom stereocenters. The summed E-state index contributed by atoms with van der Waals surface area (Å²) in [4.78, 5) is 0. The molecular weight excluding hydrogens is 160 g/mol. The number of hydrogen-bond donors (Lipinski definition) is 1. The van der Waals surface area contributed by atoms with Crippen molar-refractivity contribution in [3.63, 3.8) is 0 Å². The fraction of sp³-hybridized carbons (Fsp3) is 0.500. The minimum absolute atomic E-state index is 0.345. The van der Waals surface area contributed by atoms with Gasteiger partial charge in [-0.15, -0.1) is 0 Å². The third-order valence-electron chi connectivity index (χ3n) is 3.20. The zero-order valence-corrected chi connectivity index (χ0v) is 8.25. The predicted octanol–water partition coefficient (Wildman–Crippen LogP) is 2.40. The lowest BCUT2D eigenvalue weighted by atomic mass is 9.99. The largest absolute Gasteiger partial charge is 0.396 e. The maximum Gasteiger partial charge on any atom is 0.0465 e. The second-order valence-corrected chi connectivity index (χ2v) is 4.07. The van der Waals surface area contributed by atoms with E-state index in [1.807, 2.05) is 0 Å². The molecule has 70 valence electrons. The smallest absolute Gasteiger partial charge is 0.0465 e.